The van der Waals surface area contributed by atoms with E-state index in [2.05, 4.69) is 29.6 Å². The van der Waals surface area contributed by atoms with Gasteiger partial charge in [0, 0.05) is 18.1 Å². The Morgan fingerprint density at radius 2 is 1.83 bits per heavy atom. The van der Waals surface area contributed by atoms with Crippen molar-refractivity contribution >= 4 is 46.8 Å². The van der Waals surface area contributed by atoms with Gasteiger partial charge >= 0.3 is 0 Å². The van der Waals surface area contributed by atoms with Gasteiger partial charge in [-0.25, -0.2) is 0 Å². The minimum absolute atomic E-state index is 0.0194. The summed E-state index contributed by atoms with van der Waals surface area (Å²) >= 11 is 13.7. The Morgan fingerprint density at radius 1 is 1.13 bits per heavy atom. The van der Waals surface area contributed by atoms with Crippen LogP contribution in [0.25, 0.3) is 0 Å². The van der Waals surface area contributed by atoms with Crippen molar-refractivity contribution in [2.24, 2.45) is 0 Å². The number of hydrogen-bond acceptors (Lipinski definition) is 3. The molecule has 1 saturated heterocycles. The highest BCUT2D eigenvalue weighted by Crippen LogP contribution is 2.28. The second kappa shape index (κ2) is 11.1. The first-order valence-electron chi connectivity index (χ1n) is 10.1. The SMILES string of the molecule is CSCCC(NC(=O)c1ccc(Cl)cc1Cl)C(=O)N1CCC(c2ccccc2)CC1. The van der Waals surface area contributed by atoms with Crippen molar-refractivity contribution in [3.8, 4) is 0 Å². The monoisotopic (exact) mass is 464 g/mol. The number of amides is 2. The van der Waals surface area contributed by atoms with Gasteiger partial charge in [0.25, 0.3) is 5.91 Å². The summed E-state index contributed by atoms with van der Waals surface area (Å²) in [5.74, 6) is 0.887. The summed E-state index contributed by atoms with van der Waals surface area (Å²) in [7, 11) is 0. The Hall–Kier alpha value is -1.69. The predicted molar refractivity (Wildman–Crippen MR) is 126 cm³/mol. The van der Waals surface area contributed by atoms with Crippen molar-refractivity contribution in [2.75, 3.05) is 25.1 Å². The summed E-state index contributed by atoms with van der Waals surface area (Å²) in [6, 6.07) is 14.6. The topological polar surface area (TPSA) is 49.4 Å². The molecule has 3 rings (SSSR count). The van der Waals surface area contributed by atoms with E-state index < -0.39 is 6.04 Å². The average molecular weight is 465 g/mol. The fourth-order valence-electron chi connectivity index (χ4n) is 3.78. The second-order valence-corrected chi connectivity index (χ2v) is 9.27. The van der Waals surface area contributed by atoms with Gasteiger partial charge in [0.05, 0.1) is 10.6 Å². The summed E-state index contributed by atoms with van der Waals surface area (Å²) in [5, 5.41) is 3.64. The highest BCUT2D eigenvalue weighted by molar-refractivity contribution is 7.98. The van der Waals surface area contributed by atoms with Gasteiger partial charge in [0.1, 0.15) is 6.04 Å². The molecule has 2 aromatic rings. The molecule has 0 aromatic heterocycles. The number of thioether (sulfide) groups is 1. The minimum Gasteiger partial charge on any atom is -0.341 e. The second-order valence-electron chi connectivity index (χ2n) is 7.44. The third kappa shape index (κ3) is 5.93. The van der Waals surface area contributed by atoms with E-state index in [0.717, 1.165) is 18.6 Å². The summed E-state index contributed by atoms with van der Waals surface area (Å²) in [6.45, 7) is 1.40. The molecule has 7 heteroatoms. The van der Waals surface area contributed by atoms with Crippen LogP contribution in [0.2, 0.25) is 10.0 Å². The van der Waals surface area contributed by atoms with Gasteiger partial charge in [-0.1, -0.05) is 53.5 Å². The molecule has 0 spiro atoms. The van der Waals surface area contributed by atoms with E-state index in [9.17, 15) is 9.59 Å². The lowest BCUT2D eigenvalue weighted by Gasteiger charge is -2.34. The Kier molecular flexibility index (Phi) is 8.49. The van der Waals surface area contributed by atoms with Crippen molar-refractivity contribution in [1.82, 2.24) is 10.2 Å². The van der Waals surface area contributed by atoms with Gasteiger partial charge in [0.15, 0.2) is 0 Å². The maximum atomic E-state index is 13.2. The summed E-state index contributed by atoms with van der Waals surface area (Å²) in [5.41, 5.74) is 1.65. The smallest absolute Gasteiger partial charge is 0.253 e. The molecule has 0 radical (unpaired) electrons. The zero-order valence-corrected chi connectivity index (χ0v) is 19.3. The molecule has 0 bridgehead atoms. The van der Waals surface area contributed by atoms with E-state index in [0.29, 0.717) is 36.0 Å². The lowest BCUT2D eigenvalue weighted by molar-refractivity contribution is -0.134. The zero-order chi connectivity index (χ0) is 21.5. The highest BCUT2D eigenvalue weighted by atomic mass is 35.5. The van der Waals surface area contributed by atoms with Crippen LogP contribution < -0.4 is 5.32 Å². The van der Waals surface area contributed by atoms with Crippen LogP contribution in [-0.2, 0) is 4.79 Å². The third-order valence-corrected chi connectivity index (χ3v) is 6.66. The van der Waals surface area contributed by atoms with Crippen LogP contribution in [0.1, 0.15) is 41.1 Å². The fraction of sp³-hybridized carbons (Fsp3) is 0.391. The van der Waals surface area contributed by atoms with E-state index in [1.165, 1.54) is 11.6 Å². The first-order valence-corrected chi connectivity index (χ1v) is 12.2. The first-order chi connectivity index (χ1) is 14.5. The third-order valence-electron chi connectivity index (χ3n) is 5.47. The molecule has 1 fully saturated rings. The molecule has 0 saturated carbocycles. The molecule has 160 valence electrons. The molecule has 1 aliphatic rings. The molecule has 4 nitrogen and oxygen atoms in total. The van der Waals surface area contributed by atoms with Crippen LogP contribution in [-0.4, -0.2) is 47.9 Å². The lowest BCUT2D eigenvalue weighted by Crippen LogP contribution is -2.50. The molecule has 0 aliphatic carbocycles. The van der Waals surface area contributed by atoms with Crippen LogP contribution in [0.3, 0.4) is 0 Å². The predicted octanol–water partition coefficient (Wildman–Crippen LogP) is 5.25. The largest absolute Gasteiger partial charge is 0.341 e. The molecule has 2 amide bonds. The van der Waals surface area contributed by atoms with Crippen molar-refractivity contribution in [3.63, 3.8) is 0 Å². The number of piperidine rings is 1. The van der Waals surface area contributed by atoms with Gasteiger partial charge < -0.3 is 10.2 Å². The van der Waals surface area contributed by atoms with E-state index in [1.807, 2.05) is 17.2 Å². The first kappa shape index (κ1) is 23.0. The number of carbonyl (C=O) groups excluding carboxylic acids is 2. The Bertz CT molecular complexity index is 871. The van der Waals surface area contributed by atoms with Gasteiger partial charge in [-0.3, -0.25) is 9.59 Å². The number of nitrogens with one attached hydrogen (secondary N) is 1. The molecule has 1 atom stereocenters. The standard InChI is InChI=1S/C23H26Cl2N2O2S/c1-30-14-11-21(26-22(28)19-8-7-18(24)15-20(19)25)23(29)27-12-9-17(10-13-27)16-5-3-2-4-6-16/h2-8,15,17,21H,9-14H2,1H3,(H,26,28). The molecule has 2 aromatic carbocycles. The molecule has 1 heterocycles. The Labute approximate surface area is 192 Å². The van der Waals surface area contributed by atoms with Crippen molar-refractivity contribution < 1.29 is 9.59 Å². The maximum absolute atomic E-state index is 13.2. The minimum atomic E-state index is -0.565. The van der Waals surface area contributed by atoms with Crippen LogP contribution >= 0.6 is 35.0 Å². The van der Waals surface area contributed by atoms with Gasteiger partial charge in [-0.2, -0.15) is 11.8 Å². The number of rotatable bonds is 7. The van der Waals surface area contributed by atoms with Crippen molar-refractivity contribution in [2.45, 2.75) is 31.2 Å². The van der Waals surface area contributed by atoms with E-state index >= 15 is 0 Å². The van der Waals surface area contributed by atoms with Crippen LogP contribution in [0.5, 0.6) is 0 Å². The van der Waals surface area contributed by atoms with E-state index in [1.54, 1.807) is 23.9 Å². The normalized spacial score (nSPS) is 15.6. The van der Waals surface area contributed by atoms with Crippen molar-refractivity contribution in [3.05, 3.63) is 69.7 Å². The van der Waals surface area contributed by atoms with Crippen LogP contribution in [0, 0.1) is 0 Å². The van der Waals surface area contributed by atoms with Crippen LogP contribution in [0.15, 0.2) is 48.5 Å². The quantitative estimate of drug-likeness (QED) is 0.608. The molecule has 30 heavy (non-hydrogen) atoms. The Morgan fingerprint density at radius 3 is 2.47 bits per heavy atom. The molecule has 1 unspecified atom stereocenters. The number of halogens is 2. The number of likely N-dealkylation sites (tertiary alicyclic amines) is 1. The fourth-order valence-corrected chi connectivity index (χ4v) is 4.75. The molecular weight excluding hydrogens is 439 g/mol. The number of carbonyl (C=O) groups is 2. The summed E-state index contributed by atoms with van der Waals surface area (Å²) < 4.78 is 0. The number of nitrogens with zero attached hydrogens (tertiary/aromatic N) is 1. The average Bonchev–Trinajstić information content (AvgIpc) is 2.76. The van der Waals surface area contributed by atoms with E-state index in [4.69, 9.17) is 23.2 Å². The van der Waals surface area contributed by atoms with Gasteiger partial charge in [0.2, 0.25) is 5.91 Å². The van der Waals surface area contributed by atoms with Crippen molar-refractivity contribution in [1.29, 1.82) is 0 Å². The molecular formula is C23H26Cl2N2O2S. The Balaban J connectivity index is 1.64. The van der Waals surface area contributed by atoms with Gasteiger partial charge in [-0.15, -0.1) is 0 Å². The number of hydrogen-bond donors (Lipinski definition) is 1. The summed E-state index contributed by atoms with van der Waals surface area (Å²) in [6.07, 6.45) is 4.43. The summed E-state index contributed by atoms with van der Waals surface area (Å²) in [4.78, 5) is 27.8. The highest BCUT2D eigenvalue weighted by Gasteiger charge is 2.30. The maximum Gasteiger partial charge on any atom is 0.253 e. The van der Waals surface area contributed by atoms with Crippen LogP contribution in [0.4, 0.5) is 0 Å². The van der Waals surface area contributed by atoms with E-state index in [-0.39, 0.29) is 16.8 Å². The lowest BCUT2D eigenvalue weighted by atomic mass is 9.89. The van der Waals surface area contributed by atoms with Gasteiger partial charge in [-0.05, 0) is 61.0 Å². The molecule has 1 N–H and O–H groups in total. The molecule has 1 aliphatic heterocycles. The zero-order valence-electron chi connectivity index (χ0n) is 16.9. The number of benzene rings is 2.